The van der Waals surface area contributed by atoms with Crippen molar-refractivity contribution < 1.29 is 28.2 Å². The molecule has 2 atom stereocenters. The Kier molecular flexibility index (Phi) is 6.83. The molecule has 202 valence electrons. The van der Waals surface area contributed by atoms with Crippen LogP contribution in [0.4, 0.5) is 4.39 Å². The Hall–Kier alpha value is -3.75. The van der Waals surface area contributed by atoms with Crippen LogP contribution in [0.2, 0.25) is 0 Å². The van der Waals surface area contributed by atoms with E-state index < -0.39 is 17.7 Å². The molecule has 0 saturated carbocycles. The molecule has 3 aromatic carbocycles. The molecule has 6 rings (SSSR count). The molecule has 0 radical (unpaired) electrons. The fourth-order valence-corrected chi connectivity index (χ4v) is 6.04. The monoisotopic (exact) mass is 530 g/mol. The van der Waals surface area contributed by atoms with Crippen LogP contribution in [0.5, 0.6) is 5.75 Å². The van der Waals surface area contributed by atoms with Crippen LogP contribution in [-0.4, -0.2) is 60.8 Å². The summed E-state index contributed by atoms with van der Waals surface area (Å²) in [5, 5.41) is 0. The molecule has 2 fully saturated rings. The number of amides is 2. The van der Waals surface area contributed by atoms with Crippen LogP contribution in [0.15, 0.2) is 72.8 Å². The summed E-state index contributed by atoms with van der Waals surface area (Å²) in [4.78, 5) is 32.0. The first-order valence-corrected chi connectivity index (χ1v) is 13.3. The van der Waals surface area contributed by atoms with E-state index in [1.807, 2.05) is 47.4 Å². The number of hydrogen-bond donors (Lipinski definition) is 0. The van der Waals surface area contributed by atoms with Crippen molar-refractivity contribution in [2.24, 2.45) is 0 Å². The third-order valence-corrected chi connectivity index (χ3v) is 8.08. The van der Waals surface area contributed by atoms with Crippen LogP contribution in [0, 0.1) is 5.82 Å². The molecular formula is C31H31FN2O5. The molecule has 0 unspecified atom stereocenters. The largest absolute Gasteiger partial charge is 0.497 e. The smallest absolute Gasteiger partial charge is 0.255 e. The molecule has 2 amide bonds. The quantitative estimate of drug-likeness (QED) is 0.479. The minimum atomic E-state index is -0.618. The predicted molar refractivity (Wildman–Crippen MR) is 142 cm³/mol. The first-order chi connectivity index (χ1) is 19.0. The summed E-state index contributed by atoms with van der Waals surface area (Å²) < 4.78 is 30.8. The average Bonchev–Trinajstić information content (AvgIpc) is 3.43. The Morgan fingerprint density at radius 3 is 2.31 bits per heavy atom. The highest BCUT2D eigenvalue weighted by Crippen LogP contribution is 2.45. The van der Waals surface area contributed by atoms with Gasteiger partial charge in [-0.2, -0.15) is 0 Å². The minimum Gasteiger partial charge on any atom is -0.497 e. The van der Waals surface area contributed by atoms with Gasteiger partial charge in [-0.25, -0.2) is 4.39 Å². The number of fused-ring (bicyclic) bond motifs is 1. The summed E-state index contributed by atoms with van der Waals surface area (Å²) in [6.45, 7) is 2.41. The summed E-state index contributed by atoms with van der Waals surface area (Å²) in [6, 6.07) is 20.4. The number of benzene rings is 3. The van der Waals surface area contributed by atoms with Crippen molar-refractivity contribution in [2.45, 2.75) is 37.1 Å². The van der Waals surface area contributed by atoms with Crippen molar-refractivity contribution in [3.63, 3.8) is 0 Å². The van der Waals surface area contributed by atoms with Gasteiger partial charge in [0.2, 0.25) is 5.91 Å². The topological polar surface area (TPSA) is 68.3 Å². The van der Waals surface area contributed by atoms with E-state index in [4.69, 9.17) is 14.2 Å². The number of rotatable bonds is 5. The van der Waals surface area contributed by atoms with Crippen LogP contribution in [-0.2, 0) is 20.8 Å². The van der Waals surface area contributed by atoms with Gasteiger partial charge in [-0.1, -0.05) is 42.5 Å². The molecule has 0 aliphatic carbocycles. The standard InChI is InChI=1S/C31H31FN2O5/c1-37-24-12-8-22(9-13-24)28-27(30(36)33-16-14-31(15-17-33)38-18-19-39-31)25-4-2-3-5-26(25)29(35)34(28)20-21-6-10-23(32)11-7-21/h2-13,27-28H,14-20H2,1H3/t27-,28+/m0/s1. The van der Waals surface area contributed by atoms with Gasteiger partial charge in [0.05, 0.1) is 32.3 Å². The number of nitrogens with zero attached hydrogens (tertiary/aromatic N) is 2. The molecule has 0 bridgehead atoms. The lowest BCUT2D eigenvalue weighted by atomic mass is 9.78. The summed E-state index contributed by atoms with van der Waals surface area (Å²) in [5.74, 6) is -1.06. The highest BCUT2D eigenvalue weighted by Gasteiger charge is 2.47. The fraction of sp³-hybridized carbons (Fsp3) is 0.355. The number of hydrogen-bond acceptors (Lipinski definition) is 5. The Labute approximate surface area is 227 Å². The maximum atomic E-state index is 14.4. The predicted octanol–water partition coefficient (Wildman–Crippen LogP) is 4.68. The summed E-state index contributed by atoms with van der Waals surface area (Å²) in [5.41, 5.74) is 2.84. The SMILES string of the molecule is COc1ccc([C@@H]2[C@@H](C(=O)N3CCC4(CC3)OCCO4)c3ccccc3C(=O)N2Cc2ccc(F)cc2)cc1. The molecule has 3 aliphatic rings. The van der Waals surface area contributed by atoms with E-state index in [0.29, 0.717) is 50.5 Å². The molecule has 3 heterocycles. The fourth-order valence-electron chi connectivity index (χ4n) is 6.04. The maximum Gasteiger partial charge on any atom is 0.255 e. The van der Waals surface area contributed by atoms with E-state index in [1.54, 1.807) is 30.2 Å². The number of methoxy groups -OCH3 is 1. The van der Waals surface area contributed by atoms with E-state index in [9.17, 15) is 14.0 Å². The second-order valence-corrected chi connectivity index (χ2v) is 10.3. The van der Waals surface area contributed by atoms with Crippen molar-refractivity contribution in [2.75, 3.05) is 33.4 Å². The van der Waals surface area contributed by atoms with Crippen molar-refractivity contribution in [3.8, 4) is 5.75 Å². The average molecular weight is 531 g/mol. The summed E-state index contributed by atoms with van der Waals surface area (Å²) >= 11 is 0. The first kappa shape index (κ1) is 25.5. The van der Waals surface area contributed by atoms with Gasteiger partial charge in [0.25, 0.3) is 5.91 Å². The van der Waals surface area contributed by atoms with Crippen molar-refractivity contribution in [1.82, 2.24) is 9.80 Å². The Morgan fingerprint density at radius 1 is 0.974 bits per heavy atom. The van der Waals surface area contributed by atoms with E-state index in [2.05, 4.69) is 0 Å². The Bertz CT molecular complexity index is 1340. The van der Waals surface area contributed by atoms with Crippen molar-refractivity contribution >= 4 is 11.8 Å². The lowest BCUT2D eigenvalue weighted by Gasteiger charge is -2.45. The number of carbonyl (C=O) groups is 2. The van der Waals surface area contributed by atoms with Gasteiger partial charge in [0.1, 0.15) is 11.6 Å². The Balaban J connectivity index is 1.41. The molecule has 2 saturated heterocycles. The molecule has 3 aliphatic heterocycles. The highest BCUT2D eigenvalue weighted by atomic mass is 19.1. The van der Waals surface area contributed by atoms with Gasteiger partial charge in [0, 0.05) is 38.0 Å². The van der Waals surface area contributed by atoms with Crippen LogP contribution >= 0.6 is 0 Å². The minimum absolute atomic E-state index is 0.0345. The van der Waals surface area contributed by atoms with Crippen molar-refractivity contribution in [3.05, 3.63) is 101 Å². The van der Waals surface area contributed by atoms with Gasteiger partial charge in [-0.3, -0.25) is 9.59 Å². The lowest BCUT2D eigenvalue weighted by molar-refractivity contribution is -0.188. The molecule has 0 aromatic heterocycles. The van der Waals surface area contributed by atoms with E-state index in [1.165, 1.54) is 12.1 Å². The molecule has 1 spiro atoms. The first-order valence-electron chi connectivity index (χ1n) is 13.3. The molecule has 8 heteroatoms. The van der Waals surface area contributed by atoms with E-state index in [0.717, 1.165) is 16.7 Å². The number of carbonyl (C=O) groups excluding carboxylic acids is 2. The number of ether oxygens (including phenoxy) is 3. The van der Waals surface area contributed by atoms with Gasteiger partial charge >= 0.3 is 0 Å². The van der Waals surface area contributed by atoms with Gasteiger partial charge in [-0.05, 0) is 47.0 Å². The summed E-state index contributed by atoms with van der Waals surface area (Å²) in [7, 11) is 1.60. The lowest BCUT2D eigenvalue weighted by Crippen LogP contribution is -2.52. The zero-order valence-electron chi connectivity index (χ0n) is 21.8. The van der Waals surface area contributed by atoms with Crippen LogP contribution < -0.4 is 4.74 Å². The molecule has 0 N–H and O–H groups in total. The molecule has 39 heavy (non-hydrogen) atoms. The third-order valence-electron chi connectivity index (χ3n) is 8.08. The Morgan fingerprint density at radius 2 is 1.64 bits per heavy atom. The zero-order valence-corrected chi connectivity index (χ0v) is 21.8. The van der Waals surface area contributed by atoms with Gasteiger partial charge < -0.3 is 24.0 Å². The second-order valence-electron chi connectivity index (χ2n) is 10.3. The van der Waals surface area contributed by atoms with Crippen LogP contribution in [0.25, 0.3) is 0 Å². The molecule has 7 nitrogen and oxygen atoms in total. The van der Waals surface area contributed by atoms with Crippen LogP contribution in [0.1, 0.15) is 51.8 Å². The van der Waals surface area contributed by atoms with Crippen molar-refractivity contribution in [1.29, 1.82) is 0 Å². The van der Waals surface area contributed by atoms with Crippen LogP contribution in [0.3, 0.4) is 0 Å². The number of halogens is 1. The highest BCUT2D eigenvalue weighted by molar-refractivity contribution is 6.01. The number of piperidine rings is 1. The van der Waals surface area contributed by atoms with E-state index in [-0.39, 0.29) is 24.2 Å². The maximum absolute atomic E-state index is 14.4. The third kappa shape index (κ3) is 4.79. The van der Waals surface area contributed by atoms with Gasteiger partial charge in [0.15, 0.2) is 5.79 Å². The normalized spacial score (nSPS) is 22.2. The van der Waals surface area contributed by atoms with Gasteiger partial charge in [-0.15, -0.1) is 0 Å². The van der Waals surface area contributed by atoms with E-state index >= 15 is 0 Å². The molecular weight excluding hydrogens is 499 g/mol. The zero-order chi connectivity index (χ0) is 27.0. The second kappa shape index (κ2) is 10.4. The number of likely N-dealkylation sites (tertiary alicyclic amines) is 1. The summed E-state index contributed by atoms with van der Waals surface area (Å²) in [6.07, 6.45) is 1.22. The molecule has 3 aromatic rings.